The smallest absolute Gasteiger partial charge is 0.179 e. The molecule has 1 aliphatic heterocycles. The number of hydrogen-bond donors (Lipinski definition) is 0. The highest BCUT2D eigenvalue weighted by Gasteiger charge is 2.42. The minimum atomic E-state index is -2.87. The fourth-order valence-corrected chi connectivity index (χ4v) is 16.5. The van der Waals surface area contributed by atoms with Crippen molar-refractivity contribution in [3.63, 3.8) is 0 Å². The first kappa shape index (κ1) is 44.5. The van der Waals surface area contributed by atoms with Crippen molar-refractivity contribution < 1.29 is 4.74 Å². The van der Waals surface area contributed by atoms with Gasteiger partial charge in [-0.2, -0.15) is 0 Å². The summed E-state index contributed by atoms with van der Waals surface area (Å²) in [5.41, 5.74) is 12.4. The maximum absolute atomic E-state index is 7.33. The summed E-state index contributed by atoms with van der Waals surface area (Å²) in [6.07, 6.45) is 0. The number of nitrogens with zero attached hydrogens (tertiary/aromatic N) is 3. The Morgan fingerprint density at radius 2 is 0.712 bits per heavy atom. The van der Waals surface area contributed by atoms with Crippen LogP contribution in [0.1, 0.15) is 52.7 Å². The van der Waals surface area contributed by atoms with Gasteiger partial charge in [0.05, 0.1) is 44.8 Å². The molecule has 0 saturated carbocycles. The zero-order valence-corrected chi connectivity index (χ0v) is 43.3. The highest BCUT2D eigenvalue weighted by molar-refractivity contribution is 7.19. The van der Waals surface area contributed by atoms with Crippen LogP contribution in [0.4, 0.5) is 17.1 Å². The first-order valence-corrected chi connectivity index (χ1v) is 27.6. The highest BCUT2D eigenvalue weighted by atomic mass is 28.3. The van der Waals surface area contributed by atoms with E-state index in [0.29, 0.717) is 0 Å². The molecular weight excluding hydrogens is 903 g/mol. The van der Waals surface area contributed by atoms with Gasteiger partial charge in [0, 0.05) is 39.4 Å². The molecule has 12 aromatic rings. The van der Waals surface area contributed by atoms with Gasteiger partial charge in [-0.25, -0.2) is 0 Å². The molecule has 3 heterocycles. The van der Waals surface area contributed by atoms with Crippen LogP contribution in [-0.4, -0.2) is 17.2 Å². The van der Waals surface area contributed by atoms with E-state index in [-0.39, 0.29) is 10.8 Å². The molecule has 13 rings (SSSR count). The summed E-state index contributed by atoms with van der Waals surface area (Å²) in [5, 5.41) is 10.3. The van der Waals surface area contributed by atoms with Gasteiger partial charge in [0.1, 0.15) is 0 Å². The molecule has 0 radical (unpaired) electrons. The zero-order chi connectivity index (χ0) is 49.6. The molecule has 73 heavy (non-hydrogen) atoms. The average Bonchev–Trinajstić information content (AvgIpc) is 3.93. The second-order valence-electron chi connectivity index (χ2n) is 21.8. The second-order valence-corrected chi connectivity index (χ2v) is 25.6. The Hall–Kier alpha value is -8.38. The molecule has 0 atom stereocenters. The van der Waals surface area contributed by atoms with Crippen molar-refractivity contribution in [2.24, 2.45) is 0 Å². The van der Waals surface area contributed by atoms with Crippen LogP contribution in [0, 0.1) is 0 Å². The van der Waals surface area contributed by atoms with Gasteiger partial charge >= 0.3 is 0 Å². The molecule has 0 spiro atoms. The molecule has 2 aromatic heterocycles. The monoisotopic (exact) mass is 959 g/mol. The van der Waals surface area contributed by atoms with Gasteiger partial charge in [0.2, 0.25) is 0 Å². The molecule has 0 fully saturated rings. The summed E-state index contributed by atoms with van der Waals surface area (Å²) >= 11 is 0. The number of aromatic nitrogens is 2. The van der Waals surface area contributed by atoms with E-state index in [1.54, 1.807) is 0 Å². The third kappa shape index (κ3) is 7.16. The van der Waals surface area contributed by atoms with Crippen LogP contribution in [0.2, 0.25) is 0 Å². The molecule has 4 nitrogen and oxygen atoms in total. The summed E-state index contributed by atoms with van der Waals surface area (Å²) in [7, 11) is -2.87. The van der Waals surface area contributed by atoms with E-state index >= 15 is 0 Å². The van der Waals surface area contributed by atoms with Gasteiger partial charge in [-0.3, -0.25) is 0 Å². The van der Waals surface area contributed by atoms with Crippen molar-refractivity contribution in [1.29, 1.82) is 0 Å². The van der Waals surface area contributed by atoms with Crippen LogP contribution >= 0.6 is 0 Å². The summed E-state index contributed by atoms with van der Waals surface area (Å²) in [6, 6.07) is 87.9. The van der Waals surface area contributed by atoms with E-state index in [0.717, 1.165) is 51.0 Å². The minimum Gasteiger partial charge on any atom is -0.453 e. The fraction of sp³-hybridized carbons (Fsp3) is 0.118. The van der Waals surface area contributed by atoms with Crippen LogP contribution in [0.5, 0.6) is 11.5 Å². The fourth-order valence-electron chi connectivity index (χ4n) is 11.7. The lowest BCUT2D eigenvalue weighted by molar-refractivity contribution is 0.476. The molecule has 0 aliphatic carbocycles. The van der Waals surface area contributed by atoms with E-state index in [1.807, 2.05) is 0 Å². The van der Waals surface area contributed by atoms with Crippen molar-refractivity contribution in [2.45, 2.75) is 52.4 Å². The Labute approximate surface area is 429 Å². The number of fused-ring (bicyclic) bond motifs is 8. The van der Waals surface area contributed by atoms with Crippen LogP contribution in [0.15, 0.2) is 237 Å². The molecule has 0 unspecified atom stereocenters. The molecule has 0 amide bonds. The van der Waals surface area contributed by atoms with E-state index in [4.69, 9.17) is 4.74 Å². The normalized spacial score (nSPS) is 12.9. The second kappa shape index (κ2) is 16.9. The minimum absolute atomic E-state index is 0.00157. The van der Waals surface area contributed by atoms with Gasteiger partial charge in [-0.15, -0.1) is 0 Å². The van der Waals surface area contributed by atoms with Gasteiger partial charge < -0.3 is 18.8 Å². The topological polar surface area (TPSA) is 22.3 Å². The van der Waals surface area contributed by atoms with Crippen molar-refractivity contribution in [2.75, 3.05) is 4.90 Å². The predicted molar refractivity (Wildman–Crippen MR) is 311 cm³/mol. The number of hydrogen-bond acceptors (Lipinski definition) is 2. The van der Waals surface area contributed by atoms with Crippen LogP contribution in [-0.2, 0) is 10.8 Å². The number of para-hydroxylation sites is 2. The maximum Gasteiger partial charge on any atom is 0.179 e. The lowest BCUT2D eigenvalue weighted by Gasteiger charge is -2.37. The lowest BCUT2D eigenvalue weighted by atomic mass is 9.85. The van der Waals surface area contributed by atoms with Gasteiger partial charge in [0.15, 0.2) is 19.6 Å². The first-order chi connectivity index (χ1) is 35.5. The van der Waals surface area contributed by atoms with Crippen molar-refractivity contribution in [1.82, 2.24) is 9.13 Å². The third-order valence-electron chi connectivity index (χ3n) is 15.3. The maximum atomic E-state index is 7.33. The summed E-state index contributed by atoms with van der Waals surface area (Å²) < 4.78 is 12.1. The Balaban J connectivity index is 1.05. The number of anilines is 3. The molecule has 0 saturated heterocycles. The van der Waals surface area contributed by atoms with E-state index in [9.17, 15) is 0 Å². The number of benzene rings is 10. The van der Waals surface area contributed by atoms with Gasteiger partial charge in [-0.1, -0.05) is 193 Å². The Morgan fingerprint density at radius 1 is 0.315 bits per heavy atom. The summed E-state index contributed by atoms with van der Waals surface area (Å²) in [5.74, 6) is 1.58. The molecule has 5 heteroatoms. The standard InChI is InChI=1S/C68H57N3OSi/c1-67(2,3)46-33-37-61-57(41-46)58-42-47(68(4,5)6)34-38-62(58)70(61)50-36-40-64-66(45-50)72-65-44-49(69-59-31-18-16-29-55(59)56-30-17-19-32-60(56)69)35-39-63(65)71(64)48-21-20-28-54(43-48)73(51-22-10-7-11-23-51,52-24-12-8-13-25-52)53-26-14-9-15-27-53/h7-45H,1-6H3. The van der Waals surface area contributed by atoms with Crippen LogP contribution < -0.4 is 30.4 Å². The van der Waals surface area contributed by atoms with E-state index in [1.165, 1.54) is 64.5 Å². The number of ether oxygens (including phenoxy) is 1. The quantitative estimate of drug-likeness (QED) is 0.117. The first-order valence-electron chi connectivity index (χ1n) is 25.6. The summed E-state index contributed by atoms with van der Waals surface area (Å²) in [6.45, 7) is 13.8. The largest absolute Gasteiger partial charge is 0.453 e. The van der Waals surface area contributed by atoms with Crippen LogP contribution in [0.25, 0.3) is 55.0 Å². The number of rotatable bonds is 7. The zero-order valence-electron chi connectivity index (χ0n) is 42.3. The predicted octanol–water partition coefficient (Wildman–Crippen LogP) is 15.4. The Kier molecular flexibility index (Phi) is 10.3. The van der Waals surface area contributed by atoms with Gasteiger partial charge in [-0.05, 0) is 116 Å². The van der Waals surface area contributed by atoms with Crippen molar-refractivity contribution in [3.8, 4) is 22.9 Å². The molecular formula is C68H57N3OSi. The van der Waals surface area contributed by atoms with Crippen molar-refractivity contribution >= 4 is 89.5 Å². The SMILES string of the molecule is CC(C)(C)c1ccc2c(c1)c1cc(C(C)(C)C)ccc1n2-c1ccc2c(c1)Oc1cc(-n3c4ccccc4c4ccccc43)ccc1N2c1cccc([Si](c2ccccc2)(c2ccccc2)c2ccccc2)c1. The molecule has 0 bridgehead atoms. The average molecular weight is 960 g/mol. The van der Waals surface area contributed by atoms with E-state index in [2.05, 4.69) is 292 Å². The van der Waals surface area contributed by atoms with Crippen LogP contribution in [0.3, 0.4) is 0 Å². The van der Waals surface area contributed by atoms with Crippen molar-refractivity contribution in [3.05, 3.63) is 248 Å². The molecule has 354 valence electrons. The van der Waals surface area contributed by atoms with Gasteiger partial charge in [0.25, 0.3) is 0 Å². The molecule has 10 aromatic carbocycles. The lowest BCUT2D eigenvalue weighted by Crippen LogP contribution is -2.74. The third-order valence-corrected chi connectivity index (χ3v) is 20.1. The highest BCUT2D eigenvalue weighted by Crippen LogP contribution is 2.52. The Bertz CT molecular complexity index is 3860. The Morgan fingerprint density at radius 3 is 1.15 bits per heavy atom. The summed E-state index contributed by atoms with van der Waals surface area (Å²) in [4.78, 5) is 2.42. The van der Waals surface area contributed by atoms with E-state index < -0.39 is 8.07 Å². The molecule has 1 aliphatic rings. The molecule has 0 N–H and O–H groups in total.